The fourth-order valence-electron chi connectivity index (χ4n) is 3.33. The summed E-state index contributed by atoms with van der Waals surface area (Å²) in [7, 11) is 0. The van der Waals surface area contributed by atoms with Gasteiger partial charge in [0.2, 0.25) is 11.2 Å². The van der Waals surface area contributed by atoms with Gasteiger partial charge in [-0.3, -0.25) is 4.79 Å². The van der Waals surface area contributed by atoms with Crippen molar-refractivity contribution < 1.29 is 18.7 Å². The average molecular weight is 487 g/mol. The molecule has 0 aliphatic heterocycles. The van der Waals surface area contributed by atoms with Gasteiger partial charge in [0, 0.05) is 10.5 Å². The first-order chi connectivity index (χ1) is 15.6. The molecule has 0 radical (unpaired) electrons. The second-order valence-corrected chi connectivity index (χ2v) is 8.01. The molecule has 5 rings (SSSR count). The second-order valence-electron chi connectivity index (χ2n) is 7.09. The second kappa shape index (κ2) is 8.32. The topological polar surface area (TPSA) is 65.7 Å². The summed E-state index contributed by atoms with van der Waals surface area (Å²) in [5.74, 6) is 0.384. The Morgan fingerprint density at radius 1 is 0.812 bits per heavy atom. The highest BCUT2D eigenvalue weighted by atomic mass is 79.9. The fourth-order valence-corrected chi connectivity index (χ4v) is 3.60. The van der Waals surface area contributed by atoms with E-state index < -0.39 is 5.97 Å². The van der Waals surface area contributed by atoms with Crippen molar-refractivity contribution in [1.29, 1.82) is 0 Å². The molecule has 5 aromatic rings. The van der Waals surface area contributed by atoms with E-state index >= 15 is 0 Å². The van der Waals surface area contributed by atoms with E-state index in [9.17, 15) is 9.59 Å². The lowest BCUT2D eigenvalue weighted by molar-refractivity contribution is 0.0735. The van der Waals surface area contributed by atoms with Gasteiger partial charge < -0.3 is 13.9 Å². The summed E-state index contributed by atoms with van der Waals surface area (Å²) in [6.07, 6.45) is 1.26. The molecule has 0 bridgehead atoms. The van der Waals surface area contributed by atoms with Gasteiger partial charge in [-0.1, -0.05) is 46.3 Å². The number of hydrogen-bond donors (Lipinski definition) is 0. The Hall–Kier alpha value is -3.90. The van der Waals surface area contributed by atoms with Crippen LogP contribution < -0.4 is 14.9 Å². The van der Waals surface area contributed by atoms with Crippen molar-refractivity contribution in [2.45, 2.75) is 0 Å². The van der Waals surface area contributed by atoms with Crippen LogP contribution in [0.3, 0.4) is 0 Å². The maximum absolute atomic E-state index is 12.9. The smallest absolute Gasteiger partial charge is 0.343 e. The van der Waals surface area contributed by atoms with Gasteiger partial charge in [0.15, 0.2) is 0 Å². The number of hydrogen-bond acceptors (Lipinski definition) is 5. The normalized spacial score (nSPS) is 10.9. The molecule has 32 heavy (non-hydrogen) atoms. The van der Waals surface area contributed by atoms with Gasteiger partial charge in [0.1, 0.15) is 23.3 Å². The summed E-state index contributed by atoms with van der Waals surface area (Å²) in [6.45, 7) is 0. The summed E-state index contributed by atoms with van der Waals surface area (Å²) in [5.41, 5.74) is 0.390. The van der Waals surface area contributed by atoms with Crippen LogP contribution in [0.15, 0.2) is 105 Å². The molecule has 0 unspecified atom stereocenters. The Morgan fingerprint density at radius 2 is 1.56 bits per heavy atom. The Kier molecular flexibility index (Phi) is 5.21. The van der Waals surface area contributed by atoms with Crippen LogP contribution >= 0.6 is 15.9 Å². The van der Waals surface area contributed by atoms with Gasteiger partial charge in [-0.05, 0) is 59.3 Å². The number of carbonyl (C=O) groups is 1. The molecule has 0 amide bonds. The molecule has 0 fully saturated rings. The lowest BCUT2D eigenvalue weighted by Gasteiger charge is -2.08. The predicted molar refractivity (Wildman–Crippen MR) is 126 cm³/mol. The molecule has 0 aliphatic rings. The number of rotatable bonds is 4. The molecular formula is C26H15BrO5. The number of fused-ring (bicyclic) bond motifs is 2. The van der Waals surface area contributed by atoms with Crippen molar-refractivity contribution in [3.63, 3.8) is 0 Å². The van der Waals surface area contributed by atoms with Crippen molar-refractivity contribution in [3.05, 3.63) is 111 Å². The molecule has 0 atom stereocenters. The van der Waals surface area contributed by atoms with Gasteiger partial charge in [-0.2, -0.15) is 0 Å². The lowest BCUT2D eigenvalue weighted by Crippen LogP contribution is -2.09. The summed E-state index contributed by atoms with van der Waals surface area (Å²) >= 11 is 3.33. The molecule has 0 N–H and O–H groups in total. The maximum atomic E-state index is 12.9. The molecule has 0 saturated heterocycles. The summed E-state index contributed by atoms with van der Waals surface area (Å²) in [6, 6.07) is 24.9. The highest BCUT2D eigenvalue weighted by Crippen LogP contribution is 2.27. The van der Waals surface area contributed by atoms with Crippen LogP contribution in [0, 0.1) is 0 Å². The van der Waals surface area contributed by atoms with Crippen LogP contribution in [0.5, 0.6) is 17.2 Å². The largest absolute Gasteiger partial charge is 0.460 e. The molecule has 1 heterocycles. The number of ether oxygens (including phenoxy) is 2. The van der Waals surface area contributed by atoms with Crippen LogP contribution in [0.2, 0.25) is 0 Å². The standard InChI is InChI=1S/C26H15BrO5/c27-19-8-5-17(6-9-19)26(29)32-21-11-12-22-23(14-21)30-15-24(25(22)28)31-20-10-7-16-3-1-2-4-18(16)13-20/h1-15H. The van der Waals surface area contributed by atoms with Crippen molar-refractivity contribution in [3.8, 4) is 17.2 Å². The minimum Gasteiger partial charge on any atom is -0.460 e. The maximum Gasteiger partial charge on any atom is 0.343 e. The Bertz CT molecular complexity index is 1520. The van der Waals surface area contributed by atoms with Crippen LogP contribution in [0.4, 0.5) is 0 Å². The highest BCUT2D eigenvalue weighted by Gasteiger charge is 2.13. The number of halogens is 1. The van der Waals surface area contributed by atoms with E-state index in [2.05, 4.69) is 15.9 Å². The van der Waals surface area contributed by atoms with Gasteiger partial charge in [0.05, 0.1) is 10.9 Å². The van der Waals surface area contributed by atoms with E-state index in [1.54, 1.807) is 42.5 Å². The van der Waals surface area contributed by atoms with Crippen molar-refractivity contribution in [1.82, 2.24) is 0 Å². The zero-order chi connectivity index (χ0) is 22.1. The minimum absolute atomic E-state index is 0.0763. The Balaban J connectivity index is 1.40. The highest BCUT2D eigenvalue weighted by molar-refractivity contribution is 9.10. The first-order valence-electron chi connectivity index (χ1n) is 9.77. The van der Waals surface area contributed by atoms with E-state index in [1.165, 1.54) is 12.3 Å². The molecule has 0 saturated carbocycles. The average Bonchev–Trinajstić information content (AvgIpc) is 2.81. The first kappa shape index (κ1) is 20.0. The minimum atomic E-state index is -0.504. The van der Waals surface area contributed by atoms with Crippen LogP contribution in [-0.4, -0.2) is 5.97 Å². The van der Waals surface area contributed by atoms with Crippen LogP contribution in [0.25, 0.3) is 21.7 Å². The monoisotopic (exact) mass is 486 g/mol. The Labute approximate surface area is 190 Å². The quantitative estimate of drug-likeness (QED) is 0.208. The third-order valence-electron chi connectivity index (χ3n) is 4.95. The molecule has 4 aromatic carbocycles. The van der Waals surface area contributed by atoms with Gasteiger partial charge in [-0.25, -0.2) is 4.79 Å². The lowest BCUT2D eigenvalue weighted by atomic mass is 10.1. The summed E-state index contributed by atoms with van der Waals surface area (Å²) in [5, 5.41) is 2.41. The zero-order valence-electron chi connectivity index (χ0n) is 16.6. The molecular weight excluding hydrogens is 472 g/mol. The molecule has 6 heteroatoms. The SMILES string of the molecule is O=C(Oc1ccc2c(=O)c(Oc3ccc4ccccc4c3)coc2c1)c1ccc(Br)cc1. The Morgan fingerprint density at radius 3 is 2.38 bits per heavy atom. The molecule has 156 valence electrons. The fraction of sp³-hybridized carbons (Fsp3) is 0. The van der Waals surface area contributed by atoms with Crippen LogP contribution in [-0.2, 0) is 0 Å². The molecule has 1 aromatic heterocycles. The molecule has 0 spiro atoms. The van der Waals surface area contributed by atoms with E-state index in [4.69, 9.17) is 13.9 Å². The van der Waals surface area contributed by atoms with E-state index in [0.29, 0.717) is 22.3 Å². The molecule has 5 nitrogen and oxygen atoms in total. The predicted octanol–water partition coefficient (Wildman–Crippen LogP) is 6.72. The summed E-state index contributed by atoms with van der Waals surface area (Å²) < 4.78 is 17.7. The van der Waals surface area contributed by atoms with E-state index in [-0.39, 0.29) is 16.9 Å². The summed E-state index contributed by atoms with van der Waals surface area (Å²) in [4.78, 5) is 25.2. The zero-order valence-corrected chi connectivity index (χ0v) is 18.2. The third kappa shape index (κ3) is 4.00. The number of benzene rings is 4. The van der Waals surface area contributed by atoms with Crippen molar-refractivity contribution >= 4 is 43.6 Å². The van der Waals surface area contributed by atoms with Gasteiger partial charge >= 0.3 is 5.97 Å². The number of carbonyl (C=O) groups excluding carboxylic acids is 1. The first-order valence-corrected chi connectivity index (χ1v) is 10.6. The van der Waals surface area contributed by atoms with Crippen molar-refractivity contribution in [2.24, 2.45) is 0 Å². The van der Waals surface area contributed by atoms with Crippen LogP contribution in [0.1, 0.15) is 10.4 Å². The van der Waals surface area contributed by atoms with Gasteiger partial charge in [0.25, 0.3) is 0 Å². The number of esters is 1. The third-order valence-corrected chi connectivity index (χ3v) is 5.48. The molecule has 0 aliphatic carbocycles. The van der Waals surface area contributed by atoms with Gasteiger partial charge in [-0.15, -0.1) is 0 Å². The van der Waals surface area contributed by atoms with E-state index in [1.807, 2.05) is 36.4 Å². The van der Waals surface area contributed by atoms with Crippen molar-refractivity contribution in [2.75, 3.05) is 0 Å². The van der Waals surface area contributed by atoms with E-state index in [0.717, 1.165) is 15.2 Å².